The molecule has 0 saturated carbocycles. The molecule has 1 aromatic carbocycles. The van der Waals surface area contributed by atoms with Crippen molar-refractivity contribution in [3.05, 3.63) is 58.0 Å². The highest BCUT2D eigenvalue weighted by atomic mass is 32.1. The number of thiazole rings is 1. The molecular formula is C20H21N3O3S2. The molecule has 0 N–H and O–H groups in total. The normalized spacial score (nSPS) is 11.8. The maximum Gasteiger partial charge on any atom is 0.206 e. The van der Waals surface area contributed by atoms with Crippen LogP contribution in [0.4, 0.5) is 0 Å². The van der Waals surface area contributed by atoms with E-state index >= 15 is 0 Å². The highest BCUT2D eigenvalue weighted by molar-refractivity contribution is 7.14. The first-order valence-corrected chi connectivity index (χ1v) is 10.2. The summed E-state index contributed by atoms with van der Waals surface area (Å²) < 4.78 is 18.1. The Bertz CT molecular complexity index is 1030. The Kier molecular flexibility index (Phi) is 6.67. The lowest BCUT2D eigenvalue weighted by Crippen LogP contribution is -2.12. The van der Waals surface area contributed by atoms with E-state index in [2.05, 4.69) is 28.1 Å². The average molecular weight is 416 g/mol. The number of rotatable bonds is 8. The van der Waals surface area contributed by atoms with Crippen LogP contribution < -0.4 is 19.0 Å². The van der Waals surface area contributed by atoms with Crippen molar-refractivity contribution in [3.63, 3.8) is 0 Å². The SMILES string of the molecule is C=CCN=c1scc(-c2cccs2)n1N=Cc1cc(OC)c(OC)cc1OC. The molecule has 2 aromatic heterocycles. The lowest BCUT2D eigenvalue weighted by molar-refractivity contribution is 0.349. The number of nitrogens with zero attached hydrogens (tertiary/aromatic N) is 3. The van der Waals surface area contributed by atoms with Crippen molar-refractivity contribution in [2.75, 3.05) is 27.9 Å². The van der Waals surface area contributed by atoms with Gasteiger partial charge in [0.05, 0.1) is 44.7 Å². The maximum absolute atomic E-state index is 5.49. The molecule has 0 spiro atoms. The number of aromatic nitrogens is 1. The van der Waals surface area contributed by atoms with E-state index in [0.717, 1.165) is 20.9 Å². The predicted molar refractivity (Wildman–Crippen MR) is 115 cm³/mol. The van der Waals surface area contributed by atoms with Crippen LogP contribution in [0.5, 0.6) is 17.2 Å². The summed E-state index contributed by atoms with van der Waals surface area (Å²) in [5.74, 6) is 1.84. The van der Waals surface area contributed by atoms with E-state index in [1.807, 2.05) is 22.2 Å². The fraction of sp³-hybridized carbons (Fsp3) is 0.200. The van der Waals surface area contributed by atoms with Gasteiger partial charge in [-0.3, -0.25) is 4.99 Å². The summed E-state index contributed by atoms with van der Waals surface area (Å²) in [6, 6.07) is 7.69. The van der Waals surface area contributed by atoms with Gasteiger partial charge in [0.25, 0.3) is 0 Å². The third-order valence-corrected chi connectivity index (χ3v) is 5.61. The molecule has 0 fully saturated rings. The summed E-state index contributed by atoms with van der Waals surface area (Å²) in [4.78, 5) is 6.46. The zero-order chi connectivity index (χ0) is 19.9. The van der Waals surface area contributed by atoms with Gasteiger partial charge < -0.3 is 14.2 Å². The third kappa shape index (κ3) is 4.18. The van der Waals surface area contributed by atoms with E-state index in [1.54, 1.807) is 51.0 Å². The van der Waals surface area contributed by atoms with E-state index in [1.165, 1.54) is 11.3 Å². The molecule has 3 rings (SSSR count). The molecule has 0 saturated heterocycles. The van der Waals surface area contributed by atoms with E-state index < -0.39 is 0 Å². The Morgan fingerprint density at radius 3 is 2.46 bits per heavy atom. The number of benzene rings is 1. The van der Waals surface area contributed by atoms with Gasteiger partial charge in [0.1, 0.15) is 5.75 Å². The van der Waals surface area contributed by atoms with Crippen LogP contribution in [-0.4, -0.2) is 38.8 Å². The molecule has 8 heteroatoms. The topological polar surface area (TPSA) is 57.3 Å². The Labute approximate surface area is 171 Å². The Hall–Kier alpha value is -2.84. The molecule has 28 heavy (non-hydrogen) atoms. The summed E-state index contributed by atoms with van der Waals surface area (Å²) in [6.45, 7) is 4.26. The molecule has 6 nitrogen and oxygen atoms in total. The van der Waals surface area contributed by atoms with E-state index in [4.69, 9.17) is 14.2 Å². The molecule has 0 aliphatic carbocycles. The van der Waals surface area contributed by atoms with Crippen LogP contribution in [0.2, 0.25) is 0 Å². The zero-order valence-electron chi connectivity index (χ0n) is 15.9. The van der Waals surface area contributed by atoms with Crippen LogP contribution in [0.1, 0.15) is 5.56 Å². The van der Waals surface area contributed by atoms with Crippen molar-refractivity contribution in [2.45, 2.75) is 0 Å². The first-order valence-electron chi connectivity index (χ1n) is 8.42. The number of hydrogen-bond acceptors (Lipinski definition) is 7. The molecule has 0 aliphatic rings. The third-order valence-electron chi connectivity index (χ3n) is 3.86. The minimum Gasteiger partial charge on any atom is -0.496 e. The Balaban J connectivity index is 2.09. The summed E-state index contributed by atoms with van der Waals surface area (Å²) in [7, 11) is 4.80. The van der Waals surface area contributed by atoms with Gasteiger partial charge in [-0.1, -0.05) is 12.1 Å². The predicted octanol–water partition coefficient (Wildman–Crippen LogP) is 4.27. The van der Waals surface area contributed by atoms with Crippen molar-refractivity contribution in [2.24, 2.45) is 10.1 Å². The van der Waals surface area contributed by atoms with Crippen LogP contribution in [0.15, 0.2) is 57.8 Å². The summed E-state index contributed by atoms with van der Waals surface area (Å²) in [6.07, 6.45) is 3.49. The second kappa shape index (κ2) is 9.38. The fourth-order valence-corrected chi connectivity index (χ4v) is 4.17. The first-order chi connectivity index (χ1) is 13.7. The van der Waals surface area contributed by atoms with E-state index in [0.29, 0.717) is 23.8 Å². The van der Waals surface area contributed by atoms with Gasteiger partial charge in [-0.05, 0) is 17.5 Å². The van der Waals surface area contributed by atoms with Crippen LogP contribution in [0.25, 0.3) is 10.6 Å². The monoisotopic (exact) mass is 415 g/mol. The number of hydrogen-bond donors (Lipinski definition) is 0. The van der Waals surface area contributed by atoms with E-state index in [9.17, 15) is 0 Å². The van der Waals surface area contributed by atoms with Crippen LogP contribution in [0, 0.1) is 0 Å². The quantitative estimate of drug-likeness (QED) is 0.408. The van der Waals surface area contributed by atoms with Crippen molar-refractivity contribution in [1.82, 2.24) is 4.68 Å². The largest absolute Gasteiger partial charge is 0.496 e. The Morgan fingerprint density at radius 1 is 1.07 bits per heavy atom. The van der Waals surface area contributed by atoms with Gasteiger partial charge in [0.2, 0.25) is 4.80 Å². The Morgan fingerprint density at radius 2 is 1.82 bits per heavy atom. The average Bonchev–Trinajstić information content (AvgIpc) is 3.39. The minimum absolute atomic E-state index is 0.527. The molecule has 0 atom stereocenters. The molecule has 146 valence electrons. The smallest absolute Gasteiger partial charge is 0.206 e. The van der Waals surface area contributed by atoms with Crippen molar-refractivity contribution in [3.8, 4) is 27.8 Å². The van der Waals surface area contributed by atoms with Gasteiger partial charge in [-0.2, -0.15) is 5.10 Å². The summed E-state index contributed by atoms with van der Waals surface area (Å²) in [5, 5.41) is 8.78. The van der Waals surface area contributed by atoms with Gasteiger partial charge >= 0.3 is 0 Å². The second-order valence-corrected chi connectivity index (χ2v) is 7.30. The van der Waals surface area contributed by atoms with Crippen molar-refractivity contribution in [1.29, 1.82) is 0 Å². The van der Waals surface area contributed by atoms with Crippen LogP contribution >= 0.6 is 22.7 Å². The second-order valence-electron chi connectivity index (χ2n) is 5.52. The van der Waals surface area contributed by atoms with E-state index in [-0.39, 0.29) is 0 Å². The molecule has 0 radical (unpaired) electrons. The molecule has 2 heterocycles. The lowest BCUT2D eigenvalue weighted by Gasteiger charge is -2.11. The molecule has 0 unspecified atom stereocenters. The molecule has 0 bridgehead atoms. The summed E-state index contributed by atoms with van der Waals surface area (Å²) in [5.41, 5.74) is 1.75. The first kappa shape index (κ1) is 19.9. The lowest BCUT2D eigenvalue weighted by atomic mass is 10.2. The molecule has 3 aromatic rings. The van der Waals surface area contributed by atoms with Crippen LogP contribution in [0.3, 0.4) is 0 Å². The van der Waals surface area contributed by atoms with Crippen molar-refractivity contribution >= 4 is 28.9 Å². The number of ether oxygens (including phenoxy) is 3. The molecule has 0 aliphatic heterocycles. The molecule has 0 amide bonds. The van der Waals surface area contributed by atoms with Crippen LogP contribution in [-0.2, 0) is 0 Å². The van der Waals surface area contributed by atoms with Gasteiger partial charge in [0, 0.05) is 17.0 Å². The van der Waals surface area contributed by atoms with Gasteiger partial charge in [0.15, 0.2) is 11.5 Å². The number of methoxy groups -OCH3 is 3. The maximum atomic E-state index is 5.49. The zero-order valence-corrected chi connectivity index (χ0v) is 17.5. The number of thiophene rings is 1. The van der Waals surface area contributed by atoms with Gasteiger partial charge in [-0.15, -0.1) is 29.3 Å². The summed E-state index contributed by atoms with van der Waals surface area (Å²) >= 11 is 3.20. The molecular weight excluding hydrogens is 394 g/mol. The standard InChI is InChI=1S/C20H21N3O3S2/c1-5-8-21-20-23(15(13-28-20)19-7-6-9-27-19)22-12-14-10-17(25-3)18(26-4)11-16(14)24-2/h5-7,9-13H,1,8H2,2-4H3. The van der Waals surface area contributed by atoms with Crippen molar-refractivity contribution < 1.29 is 14.2 Å². The van der Waals surface area contributed by atoms with Gasteiger partial charge in [-0.25, -0.2) is 4.68 Å². The highest BCUT2D eigenvalue weighted by Crippen LogP contribution is 2.34. The fourth-order valence-electron chi connectivity index (χ4n) is 2.53. The minimum atomic E-state index is 0.527. The highest BCUT2D eigenvalue weighted by Gasteiger charge is 2.12.